The van der Waals surface area contributed by atoms with Gasteiger partial charge in [-0.25, -0.2) is 4.79 Å². The van der Waals surface area contributed by atoms with Crippen LogP contribution in [-0.2, 0) is 18.9 Å². The average molecular weight is 560 g/mol. The minimum absolute atomic E-state index is 0.415. The minimum Gasteiger partial charge on any atom is -0.481 e. The van der Waals surface area contributed by atoms with Crippen LogP contribution >= 0.6 is 7.82 Å². The van der Waals surface area contributed by atoms with Gasteiger partial charge in [-0.3, -0.25) is 9.59 Å². The molecular formula is C27H29O11P. The maximum Gasteiger partial charge on any atom is 0.647 e. The SMILES string of the molecule is Cc1ccc(OP(=O)(Oc2ccc(C)cc2)Oc2ccc(C)cc2)cc1.O=C(O)CC(O)(CC(=O)O)C(=O)O. The topological polar surface area (TPSA) is 177 Å². The van der Waals surface area contributed by atoms with Crippen molar-refractivity contribution in [1.29, 1.82) is 0 Å². The molecule has 0 heterocycles. The number of benzene rings is 3. The van der Waals surface area contributed by atoms with Gasteiger partial charge < -0.3 is 34.0 Å². The van der Waals surface area contributed by atoms with Crippen molar-refractivity contribution in [2.45, 2.75) is 39.2 Å². The molecule has 3 rings (SSSR count). The molecule has 39 heavy (non-hydrogen) atoms. The van der Waals surface area contributed by atoms with Crippen molar-refractivity contribution in [3.63, 3.8) is 0 Å². The average Bonchev–Trinajstić information content (AvgIpc) is 2.83. The summed E-state index contributed by atoms with van der Waals surface area (Å²) in [7, 11) is -3.93. The van der Waals surface area contributed by atoms with Crippen LogP contribution in [0.1, 0.15) is 29.5 Å². The zero-order chi connectivity index (χ0) is 29.2. The predicted octanol–water partition coefficient (Wildman–Crippen LogP) is 5.01. The van der Waals surface area contributed by atoms with Gasteiger partial charge in [-0.1, -0.05) is 53.1 Å². The summed E-state index contributed by atoms with van der Waals surface area (Å²) in [6.07, 6.45) is -2.29. The summed E-state index contributed by atoms with van der Waals surface area (Å²) in [6, 6.07) is 21.6. The van der Waals surface area contributed by atoms with E-state index in [0.29, 0.717) is 17.2 Å². The van der Waals surface area contributed by atoms with Crippen molar-refractivity contribution < 1.29 is 52.9 Å². The molecule has 0 aliphatic carbocycles. The number of aliphatic hydroxyl groups is 1. The predicted molar refractivity (Wildman–Crippen MR) is 140 cm³/mol. The Labute approximate surface area is 224 Å². The number of carboxylic acid groups (broad SMARTS) is 3. The van der Waals surface area contributed by atoms with Gasteiger partial charge in [0.15, 0.2) is 5.60 Å². The first-order chi connectivity index (χ1) is 18.2. The Balaban J connectivity index is 0.000000349. The molecule has 0 unspecified atom stereocenters. The third kappa shape index (κ3) is 10.5. The van der Waals surface area contributed by atoms with Gasteiger partial charge in [0.1, 0.15) is 17.2 Å². The Morgan fingerprint density at radius 2 is 0.872 bits per heavy atom. The van der Waals surface area contributed by atoms with E-state index >= 15 is 0 Å². The monoisotopic (exact) mass is 560 g/mol. The van der Waals surface area contributed by atoms with Gasteiger partial charge in [0, 0.05) is 0 Å². The van der Waals surface area contributed by atoms with Crippen molar-refractivity contribution in [2.24, 2.45) is 0 Å². The number of hydrogen-bond donors (Lipinski definition) is 4. The van der Waals surface area contributed by atoms with E-state index in [1.165, 1.54) is 0 Å². The standard InChI is InChI=1S/C21H21O4P.C6H8O7/c1-16-4-10-19(11-5-16)23-26(22,24-20-12-6-17(2)7-13-20)25-21-14-8-18(3)9-15-21;7-3(8)1-6(13,5(11)12)2-4(9)10/h4-15H,1-3H3;13H,1-2H2,(H,7,8)(H,9,10)(H,11,12). The molecule has 0 bridgehead atoms. The fraction of sp³-hybridized carbons (Fsp3) is 0.222. The van der Waals surface area contributed by atoms with Crippen LogP contribution in [0, 0.1) is 20.8 Å². The molecule has 0 radical (unpaired) electrons. The second kappa shape index (κ2) is 13.5. The van der Waals surface area contributed by atoms with Crippen molar-refractivity contribution >= 4 is 25.7 Å². The van der Waals surface area contributed by atoms with Crippen LogP contribution in [0.2, 0.25) is 0 Å². The van der Waals surface area contributed by atoms with Crippen LogP contribution in [0.25, 0.3) is 0 Å². The van der Waals surface area contributed by atoms with E-state index in [9.17, 15) is 18.9 Å². The number of aliphatic carboxylic acids is 3. The summed E-state index contributed by atoms with van der Waals surface area (Å²) >= 11 is 0. The van der Waals surface area contributed by atoms with Crippen LogP contribution in [-0.4, -0.2) is 43.9 Å². The molecule has 0 amide bonds. The second-order valence-corrected chi connectivity index (χ2v) is 10.1. The molecular weight excluding hydrogens is 531 g/mol. The molecule has 3 aromatic carbocycles. The lowest BCUT2D eigenvalue weighted by molar-refractivity contribution is -0.170. The first-order valence-electron chi connectivity index (χ1n) is 11.5. The molecule has 3 aromatic rings. The van der Waals surface area contributed by atoms with Gasteiger partial charge in [-0.05, 0) is 57.2 Å². The van der Waals surface area contributed by atoms with Gasteiger partial charge in [-0.2, -0.15) is 4.57 Å². The van der Waals surface area contributed by atoms with Gasteiger partial charge in [-0.15, -0.1) is 0 Å². The summed E-state index contributed by atoms with van der Waals surface area (Å²) in [5.41, 5.74) is 0.487. The Bertz CT molecular complexity index is 1180. The number of aryl methyl sites for hydroxylation is 3. The van der Waals surface area contributed by atoms with E-state index in [2.05, 4.69) is 0 Å². The number of phosphoric ester groups is 1. The lowest BCUT2D eigenvalue weighted by Gasteiger charge is -2.19. The first-order valence-corrected chi connectivity index (χ1v) is 12.9. The lowest BCUT2D eigenvalue weighted by Crippen LogP contribution is -2.42. The van der Waals surface area contributed by atoms with E-state index in [1.54, 1.807) is 36.4 Å². The minimum atomic E-state index is -3.93. The number of hydrogen-bond acceptors (Lipinski definition) is 8. The maximum atomic E-state index is 13.3. The van der Waals surface area contributed by atoms with Crippen LogP contribution < -0.4 is 13.6 Å². The quantitative estimate of drug-likeness (QED) is 0.232. The summed E-state index contributed by atoms with van der Waals surface area (Å²) in [6.45, 7) is 5.90. The van der Waals surface area contributed by atoms with Gasteiger partial charge in [0.2, 0.25) is 0 Å². The Hall–Kier alpha value is -4.34. The van der Waals surface area contributed by atoms with Crippen LogP contribution in [0.15, 0.2) is 72.8 Å². The molecule has 4 N–H and O–H groups in total. The molecule has 12 heteroatoms. The van der Waals surface area contributed by atoms with Gasteiger partial charge in [0.05, 0.1) is 12.8 Å². The second-order valence-electron chi connectivity index (χ2n) is 8.64. The number of phosphoric acid groups is 1. The molecule has 0 fully saturated rings. The third-order valence-electron chi connectivity index (χ3n) is 5.00. The number of carbonyl (C=O) groups is 3. The third-order valence-corrected chi connectivity index (χ3v) is 6.30. The molecule has 0 atom stereocenters. The zero-order valence-electron chi connectivity index (χ0n) is 21.4. The highest BCUT2D eigenvalue weighted by Gasteiger charge is 2.40. The fourth-order valence-electron chi connectivity index (χ4n) is 2.95. The molecule has 0 saturated carbocycles. The number of rotatable bonds is 11. The zero-order valence-corrected chi connectivity index (χ0v) is 22.3. The van der Waals surface area contributed by atoms with E-state index in [1.807, 2.05) is 57.2 Å². The van der Waals surface area contributed by atoms with E-state index in [-0.39, 0.29) is 0 Å². The highest BCUT2D eigenvalue weighted by atomic mass is 31.2. The molecule has 0 saturated heterocycles. The lowest BCUT2D eigenvalue weighted by atomic mass is 9.96. The van der Waals surface area contributed by atoms with Crippen LogP contribution in [0.4, 0.5) is 0 Å². The smallest absolute Gasteiger partial charge is 0.481 e. The maximum absolute atomic E-state index is 13.3. The van der Waals surface area contributed by atoms with Crippen LogP contribution in [0.5, 0.6) is 17.2 Å². The number of carboxylic acids is 3. The summed E-state index contributed by atoms with van der Waals surface area (Å²) in [5.74, 6) is -3.77. The molecule has 0 aromatic heterocycles. The highest BCUT2D eigenvalue weighted by molar-refractivity contribution is 7.49. The summed E-state index contributed by atoms with van der Waals surface area (Å²) in [4.78, 5) is 30.5. The molecule has 0 spiro atoms. The summed E-state index contributed by atoms with van der Waals surface area (Å²) < 4.78 is 30.2. The van der Waals surface area contributed by atoms with Crippen molar-refractivity contribution in [3.8, 4) is 17.2 Å². The van der Waals surface area contributed by atoms with Gasteiger partial charge in [0.25, 0.3) is 0 Å². The molecule has 11 nitrogen and oxygen atoms in total. The highest BCUT2D eigenvalue weighted by Crippen LogP contribution is 2.49. The summed E-state index contributed by atoms with van der Waals surface area (Å²) in [5, 5.41) is 33.8. The van der Waals surface area contributed by atoms with E-state index in [0.717, 1.165) is 16.7 Å². The fourth-order valence-corrected chi connectivity index (χ4v) is 4.21. The Morgan fingerprint density at radius 1 is 0.615 bits per heavy atom. The molecule has 0 aliphatic rings. The largest absolute Gasteiger partial charge is 0.647 e. The Morgan fingerprint density at radius 3 is 1.08 bits per heavy atom. The first kappa shape index (κ1) is 30.9. The van der Waals surface area contributed by atoms with E-state index < -0.39 is 44.2 Å². The van der Waals surface area contributed by atoms with E-state index in [4.69, 9.17) is 34.0 Å². The van der Waals surface area contributed by atoms with Gasteiger partial charge >= 0.3 is 25.7 Å². The Kier molecular flexibility index (Phi) is 10.7. The van der Waals surface area contributed by atoms with Crippen molar-refractivity contribution in [1.82, 2.24) is 0 Å². The van der Waals surface area contributed by atoms with Crippen LogP contribution in [0.3, 0.4) is 0 Å². The molecule has 0 aliphatic heterocycles. The van der Waals surface area contributed by atoms with Crippen molar-refractivity contribution in [3.05, 3.63) is 89.5 Å². The van der Waals surface area contributed by atoms with Crippen molar-refractivity contribution in [2.75, 3.05) is 0 Å². The molecule has 208 valence electrons. The normalized spacial score (nSPS) is 11.0.